The Morgan fingerprint density at radius 3 is 2.16 bits per heavy atom. The Bertz CT molecular complexity index is 565. The number of benzene rings is 1. The van der Waals surface area contributed by atoms with Crippen LogP contribution in [-0.2, 0) is 21.4 Å². The van der Waals surface area contributed by atoms with Gasteiger partial charge >= 0.3 is 0 Å². The summed E-state index contributed by atoms with van der Waals surface area (Å²) in [6.45, 7) is 0. The van der Waals surface area contributed by atoms with Crippen LogP contribution in [0.4, 0.5) is 0 Å². The molecule has 2 rings (SSSR count). The summed E-state index contributed by atoms with van der Waals surface area (Å²) < 4.78 is 0. The predicted octanol–water partition coefficient (Wildman–Crippen LogP) is 3.76. The lowest BCUT2D eigenvalue weighted by Crippen LogP contribution is -2.41. The second-order valence-electron chi connectivity index (χ2n) is 4.13. The van der Waals surface area contributed by atoms with Gasteiger partial charge in [0.15, 0.2) is 0 Å². The maximum absolute atomic E-state index is 11.9. The molecule has 0 saturated heterocycles. The Kier molecular flexibility index (Phi) is 4.40. The number of carbonyl (C=O) groups excluding carboxylic acids is 2. The highest BCUT2D eigenvalue weighted by molar-refractivity contribution is 7.08. The van der Waals surface area contributed by atoms with E-state index >= 15 is 0 Å². The standard InChI is InChI=1S/C14H10Cl2O2S/c15-12(17)14(13(16)18,11-6-7-19-9-11)8-10-4-2-1-3-5-10/h1-7,9H,8H2. The van der Waals surface area contributed by atoms with Gasteiger partial charge in [0.05, 0.1) is 0 Å². The first-order valence-electron chi connectivity index (χ1n) is 5.54. The molecule has 1 heterocycles. The van der Waals surface area contributed by atoms with Gasteiger partial charge in [-0.3, -0.25) is 9.59 Å². The topological polar surface area (TPSA) is 34.1 Å². The third kappa shape index (κ3) is 2.73. The van der Waals surface area contributed by atoms with Crippen LogP contribution in [0, 0.1) is 0 Å². The van der Waals surface area contributed by atoms with Crippen LogP contribution in [0.1, 0.15) is 11.1 Å². The molecule has 0 fully saturated rings. The first-order valence-corrected chi connectivity index (χ1v) is 7.23. The molecule has 2 nitrogen and oxygen atoms in total. The molecule has 0 amide bonds. The Labute approximate surface area is 125 Å². The molecule has 0 N–H and O–H groups in total. The minimum Gasteiger partial charge on any atom is -0.280 e. The second kappa shape index (κ2) is 5.87. The fourth-order valence-electron chi connectivity index (χ4n) is 1.95. The number of carbonyl (C=O) groups is 2. The molecule has 0 aliphatic carbocycles. The molecule has 0 saturated carbocycles. The van der Waals surface area contributed by atoms with Crippen LogP contribution in [0.15, 0.2) is 47.2 Å². The average molecular weight is 313 g/mol. The minimum absolute atomic E-state index is 0.162. The van der Waals surface area contributed by atoms with E-state index in [1.54, 1.807) is 16.8 Å². The summed E-state index contributed by atoms with van der Waals surface area (Å²) in [5, 5.41) is 2.00. The second-order valence-corrected chi connectivity index (χ2v) is 5.59. The molecular formula is C14H10Cl2O2S. The molecule has 0 unspecified atom stereocenters. The monoisotopic (exact) mass is 312 g/mol. The number of hydrogen-bond donors (Lipinski definition) is 0. The van der Waals surface area contributed by atoms with Gasteiger partial charge in [-0.05, 0) is 57.6 Å². The molecule has 2 aromatic rings. The van der Waals surface area contributed by atoms with Crippen molar-refractivity contribution in [1.29, 1.82) is 0 Å². The average Bonchev–Trinajstić information content (AvgIpc) is 2.90. The fraction of sp³-hybridized carbons (Fsp3) is 0.143. The fourth-order valence-corrected chi connectivity index (χ4v) is 3.26. The highest BCUT2D eigenvalue weighted by atomic mass is 35.5. The van der Waals surface area contributed by atoms with E-state index in [1.165, 1.54) is 11.3 Å². The van der Waals surface area contributed by atoms with E-state index in [0.717, 1.165) is 5.56 Å². The van der Waals surface area contributed by atoms with Crippen molar-refractivity contribution < 1.29 is 9.59 Å². The Hall–Kier alpha value is -1.16. The van der Waals surface area contributed by atoms with Crippen molar-refractivity contribution >= 4 is 45.0 Å². The van der Waals surface area contributed by atoms with Gasteiger partial charge in [0.2, 0.25) is 10.5 Å². The Morgan fingerprint density at radius 1 is 1.05 bits per heavy atom. The smallest absolute Gasteiger partial charge is 0.241 e. The van der Waals surface area contributed by atoms with Crippen LogP contribution >= 0.6 is 34.5 Å². The summed E-state index contributed by atoms with van der Waals surface area (Å²) in [7, 11) is 0. The van der Waals surface area contributed by atoms with Crippen LogP contribution in [0.2, 0.25) is 0 Å². The maximum Gasteiger partial charge on any atom is 0.241 e. The summed E-state index contributed by atoms with van der Waals surface area (Å²) in [5.74, 6) is 0. The zero-order chi connectivity index (χ0) is 13.9. The predicted molar refractivity (Wildman–Crippen MR) is 77.9 cm³/mol. The number of rotatable bonds is 5. The lowest BCUT2D eigenvalue weighted by Gasteiger charge is -2.25. The lowest BCUT2D eigenvalue weighted by atomic mass is 9.79. The Morgan fingerprint density at radius 2 is 1.68 bits per heavy atom. The zero-order valence-electron chi connectivity index (χ0n) is 9.81. The van der Waals surface area contributed by atoms with Crippen molar-refractivity contribution in [3.63, 3.8) is 0 Å². The molecule has 5 heteroatoms. The van der Waals surface area contributed by atoms with Crippen molar-refractivity contribution in [3.8, 4) is 0 Å². The number of hydrogen-bond acceptors (Lipinski definition) is 3. The zero-order valence-corrected chi connectivity index (χ0v) is 12.1. The van der Waals surface area contributed by atoms with E-state index in [9.17, 15) is 9.59 Å². The molecule has 19 heavy (non-hydrogen) atoms. The van der Waals surface area contributed by atoms with E-state index in [-0.39, 0.29) is 6.42 Å². The molecule has 0 radical (unpaired) electrons. The molecule has 0 aliphatic heterocycles. The molecule has 0 aliphatic rings. The van der Waals surface area contributed by atoms with Crippen molar-refractivity contribution in [2.24, 2.45) is 0 Å². The van der Waals surface area contributed by atoms with Gasteiger partial charge in [-0.25, -0.2) is 0 Å². The van der Waals surface area contributed by atoms with Gasteiger partial charge in [-0.2, -0.15) is 11.3 Å². The maximum atomic E-state index is 11.9. The molecule has 0 bridgehead atoms. The summed E-state index contributed by atoms with van der Waals surface area (Å²) in [6.07, 6.45) is 0.162. The molecule has 1 aromatic heterocycles. The largest absolute Gasteiger partial charge is 0.280 e. The third-order valence-electron chi connectivity index (χ3n) is 3.00. The summed E-state index contributed by atoms with van der Waals surface area (Å²) in [5.41, 5.74) is -0.136. The van der Waals surface area contributed by atoms with Gasteiger partial charge < -0.3 is 0 Å². The Balaban J connectivity index is 2.51. The van der Waals surface area contributed by atoms with E-state index in [0.29, 0.717) is 5.56 Å². The normalized spacial score (nSPS) is 11.3. The van der Waals surface area contributed by atoms with Crippen molar-refractivity contribution in [2.45, 2.75) is 11.8 Å². The summed E-state index contributed by atoms with van der Waals surface area (Å²) in [6, 6.07) is 10.9. The molecule has 0 spiro atoms. The highest BCUT2D eigenvalue weighted by Crippen LogP contribution is 2.35. The molecule has 98 valence electrons. The van der Waals surface area contributed by atoms with Crippen LogP contribution in [0.5, 0.6) is 0 Å². The van der Waals surface area contributed by atoms with Crippen LogP contribution in [0.3, 0.4) is 0 Å². The molecular weight excluding hydrogens is 303 g/mol. The summed E-state index contributed by atoms with van der Waals surface area (Å²) >= 11 is 12.8. The van der Waals surface area contributed by atoms with Crippen LogP contribution < -0.4 is 0 Å². The quantitative estimate of drug-likeness (QED) is 0.622. The number of thiophene rings is 1. The first-order chi connectivity index (χ1) is 9.07. The van der Waals surface area contributed by atoms with Crippen LogP contribution in [-0.4, -0.2) is 10.5 Å². The van der Waals surface area contributed by atoms with Crippen molar-refractivity contribution in [3.05, 3.63) is 58.3 Å². The third-order valence-corrected chi connectivity index (χ3v) is 4.33. The van der Waals surface area contributed by atoms with Gasteiger partial charge in [0.25, 0.3) is 0 Å². The van der Waals surface area contributed by atoms with Crippen LogP contribution in [0.25, 0.3) is 0 Å². The molecule has 0 atom stereocenters. The lowest BCUT2D eigenvalue weighted by molar-refractivity contribution is -0.126. The van der Waals surface area contributed by atoms with E-state index in [1.807, 2.05) is 30.3 Å². The van der Waals surface area contributed by atoms with Gasteiger partial charge in [-0.15, -0.1) is 0 Å². The van der Waals surface area contributed by atoms with Gasteiger partial charge in [-0.1, -0.05) is 30.3 Å². The molecule has 1 aromatic carbocycles. The summed E-state index contributed by atoms with van der Waals surface area (Å²) in [4.78, 5) is 23.7. The van der Waals surface area contributed by atoms with Gasteiger partial charge in [0.1, 0.15) is 5.41 Å². The van der Waals surface area contributed by atoms with Crippen molar-refractivity contribution in [1.82, 2.24) is 0 Å². The van der Waals surface area contributed by atoms with Crippen molar-refractivity contribution in [2.75, 3.05) is 0 Å². The number of halogens is 2. The van der Waals surface area contributed by atoms with E-state index in [4.69, 9.17) is 23.2 Å². The highest BCUT2D eigenvalue weighted by Gasteiger charge is 2.46. The van der Waals surface area contributed by atoms with E-state index in [2.05, 4.69) is 0 Å². The van der Waals surface area contributed by atoms with Gasteiger partial charge in [0, 0.05) is 0 Å². The SMILES string of the molecule is O=C(Cl)C(Cc1ccccc1)(C(=O)Cl)c1ccsc1. The van der Waals surface area contributed by atoms with E-state index < -0.39 is 15.9 Å². The first kappa shape index (κ1) is 14.3. The minimum atomic E-state index is -1.51.